The second-order valence-electron chi connectivity index (χ2n) is 9.45. The summed E-state index contributed by atoms with van der Waals surface area (Å²) in [5.74, 6) is 1.21. The van der Waals surface area contributed by atoms with E-state index in [9.17, 15) is 4.79 Å². The van der Waals surface area contributed by atoms with Crippen LogP contribution in [0.25, 0.3) is 0 Å². The van der Waals surface area contributed by atoms with Gasteiger partial charge in [0, 0.05) is 23.1 Å². The zero-order valence-electron chi connectivity index (χ0n) is 19.4. The van der Waals surface area contributed by atoms with Crippen LogP contribution in [0.4, 0.5) is 5.13 Å². The molecule has 1 aromatic carbocycles. The molecule has 5 rings (SSSR count). The van der Waals surface area contributed by atoms with Crippen molar-refractivity contribution in [1.82, 2.24) is 9.97 Å². The third-order valence-corrected chi connectivity index (χ3v) is 7.25. The molecule has 3 aromatic rings. The van der Waals surface area contributed by atoms with E-state index in [1.54, 1.807) is 22.4 Å². The summed E-state index contributed by atoms with van der Waals surface area (Å²) < 4.78 is 12.1. The summed E-state index contributed by atoms with van der Waals surface area (Å²) in [5.41, 5.74) is 3.92. The number of para-hydroxylation sites is 1. The molecule has 6 nitrogen and oxygen atoms in total. The number of carbonyl (C=O) groups excluding carboxylic acids is 1. The lowest BCUT2D eigenvalue weighted by molar-refractivity contribution is -0.120. The van der Waals surface area contributed by atoms with E-state index in [4.69, 9.17) is 14.5 Å². The van der Waals surface area contributed by atoms with Gasteiger partial charge in [0.1, 0.15) is 5.60 Å². The van der Waals surface area contributed by atoms with Crippen molar-refractivity contribution in [3.8, 4) is 11.5 Å². The van der Waals surface area contributed by atoms with Crippen LogP contribution >= 0.6 is 11.3 Å². The summed E-state index contributed by atoms with van der Waals surface area (Å²) in [6.45, 7) is 6.43. The van der Waals surface area contributed by atoms with E-state index in [2.05, 4.69) is 24.9 Å². The monoisotopic (exact) mass is 463 g/mol. The maximum atomic E-state index is 13.4. The number of anilines is 1. The van der Waals surface area contributed by atoms with Gasteiger partial charge in [0.25, 0.3) is 5.91 Å². The lowest BCUT2D eigenvalue weighted by Crippen LogP contribution is -2.35. The molecule has 0 fully saturated rings. The number of hydrogen-bond donors (Lipinski definition) is 0. The Bertz CT molecular complexity index is 1160. The van der Waals surface area contributed by atoms with Crippen molar-refractivity contribution >= 4 is 22.4 Å². The van der Waals surface area contributed by atoms with E-state index in [0.717, 1.165) is 59.1 Å². The molecule has 0 bridgehead atoms. The molecule has 0 N–H and O–H groups in total. The molecule has 33 heavy (non-hydrogen) atoms. The van der Waals surface area contributed by atoms with Crippen LogP contribution in [-0.2, 0) is 30.6 Å². The number of benzene rings is 1. The number of nitrogens with zero attached hydrogens (tertiary/aromatic N) is 3. The second kappa shape index (κ2) is 8.78. The van der Waals surface area contributed by atoms with Crippen molar-refractivity contribution in [1.29, 1.82) is 0 Å². The van der Waals surface area contributed by atoms with Crippen molar-refractivity contribution in [2.75, 3.05) is 11.5 Å². The molecule has 0 spiro atoms. The van der Waals surface area contributed by atoms with Crippen LogP contribution in [0.2, 0.25) is 0 Å². The summed E-state index contributed by atoms with van der Waals surface area (Å²) in [5, 5.41) is 0.731. The van der Waals surface area contributed by atoms with Gasteiger partial charge in [-0.15, -0.1) is 11.3 Å². The first-order valence-electron chi connectivity index (χ1n) is 11.5. The molecule has 0 radical (unpaired) electrons. The Balaban J connectivity index is 1.38. The molecule has 1 aliphatic heterocycles. The van der Waals surface area contributed by atoms with Crippen molar-refractivity contribution in [2.45, 2.75) is 65.0 Å². The number of hydrogen-bond acceptors (Lipinski definition) is 6. The first-order valence-corrected chi connectivity index (χ1v) is 12.3. The largest absolute Gasteiger partial charge is 0.483 e. The van der Waals surface area contributed by atoms with E-state index < -0.39 is 0 Å². The third-order valence-electron chi connectivity index (χ3n) is 6.06. The normalized spacial score (nSPS) is 16.0. The highest BCUT2D eigenvalue weighted by Gasteiger charge is 2.33. The fourth-order valence-electron chi connectivity index (χ4n) is 4.48. The average Bonchev–Trinajstić information content (AvgIpc) is 3.35. The van der Waals surface area contributed by atoms with Crippen molar-refractivity contribution < 1.29 is 14.3 Å². The van der Waals surface area contributed by atoms with Gasteiger partial charge in [0.15, 0.2) is 23.2 Å². The maximum absolute atomic E-state index is 13.4. The summed E-state index contributed by atoms with van der Waals surface area (Å²) in [7, 11) is 0. The Morgan fingerprint density at radius 1 is 1.24 bits per heavy atom. The van der Waals surface area contributed by atoms with E-state index >= 15 is 0 Å². The average molecular weight is 464 g/mol. The fraction of sp³-hybridized carbons (Fsp3) is 0.423. The smallest absolute Gasteiger partial charge is 0.267 e. The van der Waals surface area contributed by atoms with Crippen LogP contribution in [0, 0.1) is 6.92 Å². The molecule has 7 heteroatoms. The quantitative estimate of drug-likeness (QED) is 0.512. The molecule has 172 valence electrons. The number of aromatic nitrogens is 2. The van der Waals surface area contributed by atoms with E-state index in [0.29, 0.717) is 12.3 Å². The van der Waals surface area contributed by atoms with Crippen LogP contribution in [0.1, 0.15) is 54.1 Å². The molecular weight excluding hydrogens is 434 g/mol. The number of pyridine rings is 1. The minimum absolute atomic E-state index is 0.0870. The standard InChI is InChI=1S/C26H29N3O3S/c1-17-11-12-27-19(13-17)15-29(25-28-20-8-4-5-10-22(20)33-25)23(30)16-31-21-9-6-7-18-14-26(2,3)32-24(18)21/h6-7,9,11-13H,4-5,8,10,14-16H2,1-3H3. The fourth-order valence-corrected chi connectivity index (χ4v) is 5.65. The van der Waals surface area contributed by atoms with E-state index in [1.807, 2.05) is 31.2 Å². The predicted octanol–water partition coefficient (Wildman–Crippen LogP) is 5.05. The number of fused-ring (bicyclic) bond motifs is 2. The van der Waals surface area contributed by atoms with Crippen LogP contribution in [0.15, 0.2) is 36.5 Å². The second-order valence-corrected chi connectivity index (χ2v) is 10.5. The van der Waals surface area contributed by atoms with Crippen molar-refractivity contribution in [2.24, 2.45) is 0 Å². The van der Waals surface area contributed by atoms with Crippen LogP contribution in [-0.4, -0.2) is 28.1 Å². The van der Waals surface area contributed by atoms with Gasteiger partial charge in [-0.3, -0.25) is 14.7 Å². The minimum Gasteiger partial charge on any atom is -0.483 e. The molecule has 0 unspecified atom stereocenters. The van der Waals surface area contributed by atoms with Gasteiger partial charge in [-0.05, 0) is 70.2 Å². The summed E-state index contributed by atoms with van der Waals surface area (Å²) in [4.78, 5) is 25.8. The Kier molecular flexibility index (Phi) is 5.83. The SMILES string of the molecule is Cc1ccnc(CN(C(=O)COc2cccc3c2OC(C)(C)C3)c2nc3c(s2)CCCC3)c1. The van der Waals surface area contributed by atoms with Crippen molar-refractivity contribution in [3.05, 3.63) is 63.9 Å². The van der Waals surface area contributed by atoms with Gasteiger partial charge in [0.05, 0.1) is 17.9 Å². The maximum Gasteiger partial charge on any atom is 0.267 e. The number of ether oxygens (including phenoxy) is 2. The Hall–Kier alpha value is -2.93. The highest BCUT2D eigenvalue weighted by molar-refractivity contribution is 7.15. The molecular formula is C26H29N3O3S. The first kappa shape index (κ1) is 21.9. The Labute approximate surface area is 198 Å². The predicted molar refractivity (Wildman–Crippen MR) is 129 cm³/mol. The lowest BCUT2D eigenvalue weighted by atomic mass is 10.0. The highest BCUT2D eigenvalue weighted by Crippen LogP contribution is 2.42. The van der Waals surface area contributed by atoms with Gasteiger partial charge in [0.2, 0.25) is 0 Å². The molecule has 2 aliphatic rings. The molecule has 0 atom stereocenters. The van der Waals surface area contributed by atoms with Crippen molar-refractivity contribution in [3.63, 3.8) is 0 Å². The number of rotatable bonds is 6. The number of amides is 1. The van der Waals surface area contributed by atoms with Crippen LogP contribution in [0.3, 0.4) is 0 Å². The van der Waals surface area contributed by atoms with Gasteiger partial charge in [-0.1, -0.05) is 12.1 Å². The van der Waals surface area contributed by atoms with Crippen LogP contribution in [0.5, 0.6) is 11.5 Å². The summed E-state index contributed by atoms with van der Waals surface area (Å²) >= 11 is 1.62. The zero-order chi connectivity index (χ0) is 23.0. The Morgan fingerprint density at radius 3 is 2.91 bits per heavy atom. The van der Waals surface area contributed by atoms with E-state index in [-0.39, 0.29) is 18.1 Å². The minimum atomic E-state index is -0.269. The third kappa shape index (κ3) is 4.74. The summed E-state index contributed by atoms with van der Waals surface area (Å²) in [6, 6.07) is 9.83. The molecule has 0 saturated heterocycles. The topological polar surface area (TPSA) is 64.6 Å². The zero-order valence-corrected chi connectivity index (χ0v) is 20.2. The van der Waals surface area contributed by atoms with E-state index in [1.165, 1.54) is 11.3 Å². The molecule has 0 saturated carbocycles. The highest BCUT2D eigenvalue weighted by atomic mass is 32.1. The molecule has 1 aliphatic carbocycles. The summed E-state index contributed by atoms with van der Waals surface area (Å²) in [6.07, 6.45) is 6.96. The van der Waals surface area contributed by atoms with Gasteiger partial charge in [-0.25, -0.2) is 4.98 Å². The lowest BCUT2D eigenvalue weighted by Gasteiger charge is -2.21. The first-order chi connectivity index (χ1) is 15.9. The molecule has 3 heterocycles. The van der Waals surface area contributed by atoms with Gasteiger partial charge >= 0.3 is 0 Å². The number of carbonyl (C=O) groups is 1. The Morgan fingerprint density at radius 2 is 2.09 bits per heavy atom. The number of aryl methyl sites for hydroxylation is 3. The molecule has 2 aromatic heterocycles. The molecule has 1 amide bonds. The van der Waals surface area contributed by atoms with Crippen LogP contribution < -0.4 is 14.4 Å². The van der Waals surface area contributed by atoms with Gasteiger partial charge < -0.3 is 9.47 Å². The number of thiazole rings is 1. The van der Waals surface area contributed by atoms with Gasteiger partial charge in [-0.2, -0.15) is 0 Å².